The van der Waals surface area contributed by atoms with Gasteiger partial charge >= 0.3 is 12.4 Å². The van der Waals surface area contributed by atoms with Gasteiger partial charge in [-0.1, -0.05) is 0 Å². The summed E-state index contributed by atoms with van der Waals surface area (Å²) >= 11 is 0. The quantitative estimate of drug-likeness (QED) is 0.338. The predicted octanol–water partition coefficient (Wildman–Crippen LogP) is 3.14. The molecule has 0 aliphatic carbocycles. The molecule has 1 aromatic rings. The average molecular weight is 302 g/mol. The molecule has 0 aromatic carbocycles. The Hall–Kier alpha value is -1.71. The Balaban J connectivity index is 2.70. The van der Waals surface area contributed by atoms with E-state index in [0.29, 0.717) is 12.1 Å². The van der Waals surface area contributed by atoms with E-state index in [0.717, 1.165) is 0 Å². The fourth-order valence-corrected chi connectivity index (χ4v) is 1.36. The number of hydrogen-bond donors (Lipinski definition) is 3. The molecule has 4 nitrogen and oxygen atoms in total. The van der Waals surface area contributed by atoms with Crippen molar-refractivity contribution < 1.29 is 26.3 Å². The molecule has 10 heteroatoms. The van der Waals surface area contributed by atoms with Crippen LogP contribution in [0.3, 0.4) is 0 Å². The summed E-state index contributed by atoms with van der Waals surface area (Å²) in [6, 6.07) is 1.40. The van der Waals surface area contributed by atoms with Crippen LogP contribution in [0.5, 0.6) is 0 Å². The molecule has 1 aromatic heterocycles. The van der Waals surface area contributed by atoms with Crippen LogP contribution in [-0.2, 0) is 6.18 Å². The summed E-state index contributed by atoms with van der Waals surface area (Å²) in [4.78, 5) is 3.67. The minimum Gasteiger partial charge on any atom is -0.370 e. The maximum atomic E-state index is 12.6. The summed E-state index contributed by atoms with van der Waals surface area (Å²) in [5.74, 6) is 4.55. The highest BCUT2D eigenvalue weighted by Crippen LogP contribution is 2.32. The van der Waals surface area contributed by atoms with E-state index in [1.54, 1.807) is 0 Å². The maximum Gasteiger partial charge on any atom is 0.416 e. The zero-order chi connectivity index (χ0) is 15.4. The monoisotopic (exact) mass is 302 g/mol. The van der Waals surface area contributed by atoms with Gasteiger partial charge in [-0.05, 0) is 18.6 Å². The first-order chi connectivity index (χ1) is 9.12. The standard InChI is InChI=1S/C10H12F6N4/c11-9(12,13)2-1-3-18-7-4-6(10(14,15)16)5-8(19-7)20-17/h4-5H,1-3,17H2,(H2,18,19,20). The highest BCUT2D eigenvalue weighted by atomic mass is 19.4. The molecule has 0 saturated heterocycles. The average Bonchev–Trinajstić information content (AvgIpc) is 2.32. The maximum absolute atomic E-state index is 12.6. The van der Waals surface area contributed by atoms with Crippen LogP contribution < -0.4 is 16.6 Å². The molecule has 0 amide bonds. The van der Waals surface area contributed by atoms with E-state index in [-0.39, 0.29) is 24.6 Å². The van der Waals surface area contributed by atoms with Crippen LogP contribution in [0.4, 0.5) is 38.0 Å². The van der Waals surface area contributed by atoms with E-state index in [1.165, 1.54) is 0 Å². The Morgan fingerprint density at radius 1 is 1.05 bits per heavy atom. The van der Waals surface area contributed by atoms with Gasteiger partial charge in [-0.25, -0.2) is 10.8 Å². The number of hydrazine groups is 1. The second-order valence-corrected chi connectivity index (χ2v) is 3.91. The molecule has 0 atom stereocenters. The third kappa shape index (κ3) is 5.51. The number of halogens is 6. The number of nitrogens with zero attached hydrogens (tertiary/aromatic N) is 1. The molecule has 1 rings (SSSR count). The SMILES string of the molecule is NNc1cc(C(F)(F)F)cc(NCCCC(F)(F)F)n1. The summed E-state index contributed by atoms with van der Waals surface area (Å²) in [6.45, 7) is -0.155. The van der Waals surface area contributed by atoms with Crippen LogP contribution in [0.2, 0.25) is 0 Å². The largest absolute Gasteiger partial charge is 0.416 e. The number of nitrogens with two attached hydrogens (primary N) is 1. The Bertz CT molecular complexity index is 442. The van der Waals surface area contributed by atoms with Crippen molar-refractivity contribution in [2.75, 3.05) is 17.3 Å². The molecule has 0 saturated carbocycles. The first-order valence-electron chi connectivity index (χ1n) is 5.48. The van der Waals surface area contributed by atoms with Crippen LogP contribution in [-0.4, -0.2) is 17.7 Å². The van der Waals surface area contributed by atoms with Gasteiger partial charge in [0, 0.05) is 13.0 Å². The van der Waals surface area contributed by atoms with Crippen LogP contribution in [0.25, 0.3) is 0 Å². The lowest BCUT2D eigenvalue weighted by Gasteiger charge is -2.12. The highest BCUT2D eigenvalue weighted by molar-refractivity contribution is 5.49. The van der Waals surface area contributed by atoms with Gasteiger partial charge in [-0.15, -0.1) is 0 Å². The van der Waals surface area contributed by atoms with Crippen molar-refractivity contribution in [1.82, 2.24) is 4.98 Å². The number of rotatable bonds is 5. The normalized spacial score (nSPS) is 12.3. The summed E-state index contributed by atoms with van der Waals surface area (Å²) in [6.07, 6.45) is -10.2. The summed E-state index contributed by atoms with van der Waals surface area (Å²) in [5, 5.41) is 2.40. The zero-order valence-corrected chi connectivity index (χ0v) is 10.1. The molecule has 0 bridgehead atoms. The topological polar surface area (TPSA) is 63.0 Å². The molecule has 1 heterocycles. The Kier molecular flexibility index (Phi) is 5.03. The Labute approximate surface area is 110 Å². The van der Waals surface area contributed by atoms with Crippen LogP contribution in [0.15, 0.2) is 12.1 Å². The van der Waals surface area contributed by atoms with Crippen molar-refractivity contribution in [1.29, 1.82) is 0 Å². The van der Waals surface area contributed by atoms with Gasteiger partial charge < -0.3 is 10.7 Å². The molecule has 114 valence electrons. The molecule has 4 N–H and O–H groups in total. The van der Waals surface area contributed by atoms with Crippen LogP contribution in [0, 0.1) is 0 Å². The Morgan fingerprint density at radius 2 is 1.65 bits per heavy atom. The number of aromatic nitrogens is 1. The van der Waals surface area contributed by atoms with Crippen LogP contribution >= 0.6 is 0 Å². The van der Waals surface area contributed by atoms with E-state index in [1.807, 2.05) is 5.43 Å². The van der Waals surface area contributed by atoms with Crippen LogP contribution in [0.1, 0.15) is 18.4 Å². The second kappa shape index (κ2) is 6.16. The minimum atomic E-state index is -4.60. The molecule has 0 unspecified atom stereocenters. The summed E-state index contributed by atoms with van der Waals surface area (Å²) in [5.41, 5.74) is 0.962. The van der Waals surface area contributed by atoms with E-state index >= 15 is 0 Å². The van der Waals surface area contributed by atoms with Crippen molar-refractivity contribution in [3.8, 4) is 0 Å². The van der Waals surface area contributed by atoms with Crippen molar-refractivity contribution in [3.05, 3.63) is 17.7 Å². The Morgan fingerprint density at radius 3 is 2.15 bits per heavy atom. The molecular formula is C10H12F6N4. The van der Waals surface area contributed by atoms with Gasteiger partial charge in [-0.3, -0.25) is 0 Å². The number of pyridine rings is 1. The summed E-state index contributed by atoms with van der Waals surface area (Å²) < 4.78 is 73.4. The number of alkyl halides is 6. The number of nitrogen functional groups attached to an aromatic ring is 1. The van der Waals surface area contributed by atoms with Crippen molar-refractivity contribution in [2.45, 2.75) is 25.2 Å². The lowest BCUT2D eigenvalue weighted by molar-refractivity contribution is -0.137. The number of hydrogen-bond acceptors (Lipinski definition) is 4. The molecule has 0 aliphatic heterocycles. The van der Waals surface area contributed by atoms with E-state index in [4.69, 9.17) is 5.84 Å². The molecule has 0 spiro atoms. The van der Waals surface area contributed by atoms with E-state index < -0.39 is 24.3 Å². The summed E-state index contributed by atoms with van der Waals surface area (Å²) in [7, 11) is 0. The van der Waals surface area contributed by atoms with Gasteiger partial charge in [0.2, 0.25) is 0 Å². The lowest BCUT2D eigenvalue weighted by atomic mass is 10.2. The van der Waals surface area contributed by atoms with Gasteiger partial charge in [0.1, 0.15) is 11.6 Å². The van der Waals surface area contributed by atoms with Gasteiger partial charge in [0.25, 0.3) is 0 Å². The number of anilines is 2. The molecule has 0 fully saturated rings. The fourth-order valence-electron chi connectivity index (χ4n) is 1.36. The molecular weight excluding hydrogens is 290 g/mol. The highest BCUT2D eigenvalue weighted by Gasteiger charge is 2.31. The van der Waals surface area contributed by atoms with Gasteiger partial charge in [0.05, 0.1) is 5.56 Å². The third-order valence-corrected chi connectivity index (χ3v) is 2.24. The molecule has 0 radical (unpaired) electrons. The second-order valence-electron chi connectivity index (χ2n) is 3.91. The number of nitrogens with one attached hydrogen (secondary N) is 2. The first kappa shape index (κ1) is 16.3. The smallest absolute Gasteiger partial charge is 0.370 e. The predicted molar refractivity (Wildman–Crippen MR) is 60.8 cm³/mol. The molecule has 0 aliphatic rings. The fraction of sp³-hybridized carbons (Fsp3) is 0.500. The first-order valence-corrected chi connectivity index (χ1v) is 5.48. The molecule has 20 heavy (non-hydrogen) atoms. The van der Waals surface area contributed by atoms with Gasteiger partial charge in [-0.2, -0.15) is 26.3 Å². The van der Waals surface area contributed by atoms with E-state index in [2.05, 4.69) is 10.3 Å². The van der Waals surface area contributed by atoms with Crippen molar-refractivity contribution in [3.63, 3.8) is 0 Å². The minimum absolute atomic E-state index is 0.155. The van der Waals surface area contributed by atoms with Crippen molar-refractivity contribution in [2.24, 2.45) is 5.84 Å². The van der Waals surface area contributed by atoms with E-state index in [9.17, 15) is 26.3 Å². The van der Waals surface area contributed by atoms with Crippen molar-refractivity contribution >= 4 is 11.6 Å². The zero-order valence-electron chi connectivity index (χ0n) is 10.1. The van der Waals surface area contributed by atoms with Gasteiger partial charge in [0.15, 0.2) is 0 Å². The third-order valence-electron chi connectivity index (χ3n) is 2.24. The lowest BCUT2D eigenvalue weighted by Crippen LogP contribution is -2.15.